The predicted octanol–water partition coefficient (Wildman–Crippen LogP) is 5.72. The first-order valence-corrected chi connectivity index (χ1v) is 9.78. The van der Waals surface area contributed by atoms with Gasteiger partial charge in [0, 0.05) is 27.8 Å². The van der Waals surface area contributed by atoms with Crippen LogP contribution in [-0.4, -0.2) is 15.3 Å². The fraction of sp³-hybridized carbons (Fsp3) is 0. The van der Waals surface area contributed by atoms with Gasteiger partial charge in [-0.3, -0.25) is 4.57 Å². The van der Waals surface area contributed by atoms with E-state index < -0.39 is 0 Å². The van der Waals surface area contributed by atoms with Crippen LogP contribution in [0.25, 0.3) is 33.4 Å². The highest BCUT2D eigenvalue weighted by Crippen LogP contribution is 2.46. The van der Waals surface area contributed by atoms with E-state index >= 15 is 0 Å². The number of para-hydroxylation sites is 3. The van der Waals surface area contributed by atoms with Crippen LogP contribution in [-0.2, 0) is 4.57 Å². The first-order chi connectivity index (χ1) is 14.1. The lowest BCUT2D eigenvalue weighted by Gasteiger charge is -2.19. The zero-order valence-corrected chi connectivity index (χ0v) is 16.2. The predicted molar refractivity (Wildman–Crippen MR) is 115 cm³/mol. The maximum atomic E-state index is 12.0. The number of phenolic OH excluding ortho intramolecular Hbond substituents is 3. The second kappa shape index (κ2) is 7.78. The summed E-state index contributed by atoms with van der Waals surface area (Å²) in [6, 6.07) is 24.0. The molecule has 0 atom stereocenters. The fourth-order valence-corrected chi connectivity index (χ4v) is 3.98. The van der Waals surface area contributed by atoms with Gasteiger partial charge in [0.2, 0.25) is 0 Å². The Hall–Kier alpha value is -3.62. The molecule has 29 heavy (non-hydrogen) atoms. The molecular formula is C24H17O4P. The van der Waals surface area contributed by atoms with Gasteiger partial charge in [0.25, 0.3) is 0 Å². The van der Waals surface area contributed by atoms with Gasteiger partial charge in [0.1, 0.15) is 17.2 Å². The number of phenols is 3. The van der Waals surface area contributed by atoms with Crippen molar-refractivity contribution in [3.8, 4) is 50.6 Å². The van der Waals surface area contributed by atoms with Crippen LogP contribution in [0.5, 0.6) is 17.2 Å². The smallest absolute Gasteiger partial charge is 0.192 e. The molecule has 0 aliphatic rings. The van der Waals surface area contributed by atoms with Crippen molar-refractivity contribution in [2.24, 2.45) is 0 Å². The average Bonchev–Trinajstić information content (AvgIpc) is 2.74. The van der Waals surface area contributed by atoms with Crippen LogP contribution in [0.2, 0.25) is 0 Å². The van der Waals surface area contributed by atoms with Crippen molar-refractivity contribution < 1.29 is 19.9 Å². The minimum Gasteiger partial charge on any atom is -0.507 e. The Balaban J connectivity index is 2.19. The fourth-order valence-electron chi connectivity index (χ4n) is 3.52. The molecule has 0 unspecified atom stereocenters. The zero-order valence-electron chi connectivity index (χ0n) is 15.3. The third-order valence-corrected chi connectivity index (χ3v) is 5.39. The summed E-state index contributed by atoms with van der Waals surface area (Å²) in [5, 5.41) is 32.1. The van der Waals surface area contributed by atoms with Gasteiger partial charge in [-0.15, -0.1) is 0 Å². The van der Waals surface area contributed by atoms with Gasteiger partial charge in [0.15, 0.2) is 8.46 Å². The number of aromatic hydroxyl groups is 3. The molecule has 0 saturated carbocycles. The van der Waals surface area contributed by atoms with Gasteiger partial charge >= 0.3 is 0 Å². The monoisotopic (exact) mass is 400 g/mol. The van der Waals surface area contributed by atoms with Crippen LogP contribution < -0.4 is 5.30 Å². The molecule has 0 aliphatic carbocycles. The van der Waals surface area contributed by atoms with Gasteiger partial charge in [-0.1, -0.05) is 60.7 Å². The van der Waals surface area contributed by atoms with Gasteiger partial charge in [0.05, 0.1) is 5.30 Å². The molecule has 3 N–H and O–H groups in total. The molecule has 5 heteroatoms. The first-order valence-electron chi connectivity index (χ1n) is 8.97. The van der Waals surface area contributed by atoms with Gasteiger partial charge < -0.3 is 15.3 Å². The maximum absolute atomic E-state index is 12.0. The van der Waals surface area contributed by atoms with E-state index in [-0.39, 0.29) is 25.7 Å². The summed E-state index contributed by atoms with van der Waals surface area (Å²) in [5.41, 5.74) is 3.32. The van der Waals surface area contributed by atoms with Crippen molar-refractivity contribution in [1.29, 1.82) is 0 Å². The second-order valence-electron chi connectivity index (χ2n) is 6.52. The molecule has 0 aromatic heterocycles. The van der Waals surface area contributed by atoms with E-state index in [2.05, 4.69) is 0 Å². The third-order valence-electron chi connectivity index (χ3n) is 4.82. The maximum Gasteiger partial charge on any atom is 0.192 e. The van der Waals surface area contributed by atoms with Crippen LogP contribution in [0.4, 0.5) is 0 Å². The van der Waals surface area contributed by atoms with Crippen molar-refractivity contribution in [1.82, 2.24) is 0 Å². The molecule has 4 rings (SSSR count). The summed E-state index contributed by atoms with van der Waals surface area (Å²) in [6.07, 6.45) is 0. The summed E-state index contributed by atoms with van der Waals surface area (Å²) >= 11 is 0. The van der Waals surface area contributed by atoms with Crippen LogP contribution in [0.15, 0.2) is 84.9 Å². The van der Waals surface area contributed by atoms with Crippen molar-refractivity contribution in [3.05, 3.63) is 84.9 Å². The van der Waals surface area contributed by atoms with Crippen molar-refractivity contribution in [3.63, 3.8) is 0 Å². The van der Waals surface area contributed by atoms with E-state index in [1.54, 1.807) is 78.9 Å². The normalized spacial score (nSPS) is 10.9. The Kier molecular flexibility index (Phi) is 5.03. The minimum absolute atomic E-state index is 0.0310. The minimum atomic E-state index is -0.224. The second-order valence-corrected chi connectivity index (χ2v) is 7.19. The molecule has 0 bridgehead atoms. The molecule has 0 amide bonds. The van der Waals surface area contributed by atoms with Crippen molar-refractivity contribution in [2.75, 3.05) is 0 Å². The van der Waals surface area contributed by atoms with Gasteiger partial charge in [-0.05, 0) is 29.8 Å². The molecular weight excluding hydrogens is 383 g/mol. The van der Waals surface area contributed by atoms with Crippen LogP contribution in [0, 0.1) is 0 Å². The summed E-state index contributed by atoms with van der Waals surface area (Å²) in [7, 11) is -0.224. The van der Waals surface area contributed by atoms with E-state index in [4.69, 9.17) is 0 Å². The highest BCUT2D eigenvalue weighted by atomic mass is 31.1. The largest absolute Gasteiger partial charge is 0.507 e. The topological polar surface area (TPSA) is 77.8 Å². The Morgan fingerprint density at radius 3 is 1.41 bits per heavy atom. The highest BCUT2D eigenvalue weighted by molar-refractivity contribution is 7.34. The highest BCUT2D eigenvalue weighted by Gasteiger charge is 2.22. The first kappa shape index (κ1) is 18.7. The van der Waals surface area contributed by atoms with Crippen LogP contribution >= 0.6 is 8.46 Å². The van der Waals surface area contributed by atoms with Gasteiger partial charge in [-0.2, -0.15) is 0 Å². The molecule has 0 heterocycles. The molecule has 0 fully saturated rings. The molecule has 0 aliphatic heterocycles. The molecule has 0 spiro atoms. The molecule has 142 valence electrons. The van der Waals surface area contributed by atoms with Gasteiger partial charge in [-0.25, -0.2) is 0 Å². The number of hydrogen-bond acceptors (Lipinski definition) is 4. The standard InChI is InChI=1S/C24H17O4P/c25-19-10-4-1-7-15(19)16-13-14-22(29-28)24(18-9-3-6-12-21(18)27)23(16)17-8-2-5-11-20(17)26/h1-14,25-27H. The third kappa shape index (κ3) is 3.35. The van der Waals surface area contributed by atoms with Crippen molar-refractivity contribution in [2.45, 2.75) is 0 Å². The molecule has 0 saturated heterocycles. The SMILES string of the molecule is O=Pc1ccc(-c2ccccc2O)c(-c2ccccc2O)c1-c1ccccc1O. The summed E-state index contributed by atoms with van der Waals surface area (Å²) in [6.45, 7) is 0. The lowest BCUT2D eigenvalue weighted by molar-refractivity contribution is 0.475. The van der Waals surface area contributed by atoms with E-state index in [0.29, 0.717) is 38.7 Å². The zero-order chi connectivity index (χ0) is 20.4. The number of benzene rings is 4. The molecule has 4 nitrogen and oxygen atoms in total. The lowest BCUT2D eigenvalue weighted by atomic mass is 9.86. The van der Waals surface area contributed by atoms with Crippen molar-refractivity contribution >= 4 is 13.8 Å². The Morgan fingerprint density at radius 1 is 0.483 bits per heavy atom. The Labute approximate surface area is 169 Å². The molecule has 0 radical (unpaired) electrons. The Bertz CT molecular complexity index is 1220. The van der Waals surface area contributed by atoms with E-state index in [9.17, 15) is 19.9 Å². The summed E-state index contributed by atoms with van der Waals surface area (Å²) < 4.78 is 12.0. The number of rotatable bonds is 4. The quantitative estimate of drug-likeness (QED) is 0.383. The molecule has 4 aromatic rings. The molecule has 4 aromatic carbocycles. The summed E-state index contributed by atoms with van der Waals surface area (Å²) in [4.78, 5) is 0. The Morgan fingerprint density at radius 2 is 0.931 bits per heavy atom. The summed E-state index contributed by atoms with van der Waals surface area (Å²) in [5.74, 6) is 0.156. The number of hydrogen-bond donors (Lipinski definition) is 3. The van der Waals surface area contributed by atoms with E-state index in [0.717, 1.165) is 0 Å². The van der Waals surface area contributed by atoms with Crippen LogP contribution in [0.1, 0.15) is 0 Å². The van der Waals surface area contributed by atoms with E-state index in [1.807, 2.05) is 6.07 Å². The average molecular weight is 400 g/mol. The van der Waals surface area contributed by atoms with E-state index in [1.165, 1.54) is 0 Å². The van der Waals surface area contributed by atoms with Crippen LogP contribution in [0.3, 0.4) is 0 Å². The lowest BCUT2D eigenvalue weighted by Crippen LogP contribution is -2.03.